The quantitative estimate of drug-likeness (QED) is 0.316. The number of amidine groups is 1. The summed E-state index contributed by atoms with van der Waals surface area (Å²) >= 11 is 0. The normalized spacial score (nSPS) is 26.3. The molecular formula is C11H20F3N3O. The lowest BCUT2D eigenvalue weighted by Gasteiger charge is -2.22. The van der Waals surface area contributed by atoms with Crippen molar-refractivity contribution in [3.63, 3.8) is 0 Å². The topological polar surface area (TPSA) is 70.6 Å². The largest absolute Gasteiger partial charge is 0.409 e. The molecule has 2 atom stereocenters. The number of nitrogens with one attached hydrogen (secondary N) is 1. The van der Waals surface area contributed by atoms with Gasteiger partial charge < -0.3 is 16.3 Å². The van der Waals surface area contributed by atoms with Gasteiger partial charge in [-0.15, -0.1) is 0 Å². The molecule has 1 aliphatic carbocycles. The molecule has 0 bridgehead atoms. The van der Waals surface area contributed by atoms with Crippen LogP contribution in [0.3, 0.4) is 0 Å². The van der Waals surface area contributed by atoms with Crippen molar-refractivity contribution in [2.24, 2.45) is 22.2 Å². The monoisotopic (exact) mass is 267 g/mol. The predicted octanol–water partition coefficient (Wildman–Crippen LogP) is 2.08. The Morgan fingerprint density at radius 2 is 2.17 bits per heavy atom. The molecule has 2 unspecified atom stereocenters. The van der Waals surface area contributed by atoms with Crippen LogP contribution in [0.25, 0.3) is 0 Å². The molecular weight excluding hydrogens is 247 g/mol. The van der Waals surface area contributed by atoms with E-state index in [0.717, 1.165) is 19.3 Å². The molecule has 0 heterocycles. The molecule has 0 radical (unpaired) electrons. The van der Waals surface area contributed by atoms with E-state index < -0.39 is 17.9 Å². The second-order valence-corrected chi connectivity index (χ2v) is 5.63. The Hall–Kier alpha value is -0.980. The molecule has 0 amide bonds. The van der Waals surface area contributed by atoms with E-state index in [1.807, 2.05) is 0 Å². The van der Waals surface area contributed by atoms with Crippen LogP contribution >= 0.6 is 0 Å². The van der Waals surface area contributed by atoms with Crippen molar-refractivity contribution in [3.8, 4) is 0 Å². The molecule has 0 aromatic carbocycles. The number of rotatable bonds is 4. The van der Waals surface area contributed by atoms with E-state index in [0.29, 0.717) is 0 Å². The zero-order valence-corrected chi connectivity index (χ0v) is 10.6. The fourth-order valence-electron chi connectivity index (χ4n) is 2.35. The van der Waals surface area contributed by atoms with Crippen molar-refractivity contribution < 1.29 is 18.4 Å². The van der Waals surface area contributed by atoms with Crippen LogP contribution in [0, 0.1) is 11.3 Å². The summed E-state index contributed by atoms with van der Waals surface area (Å²) in [5, 5.41) is 13.7. The van der Waals surface area contributed by atoms with Crippen LogP contribution in [0.1, 0.15) is 33.1 Å². The van der Waals surface area contributed by atoms with Gasteiger partial charge in [-0.3, -0.25) is 0 Å². The van der Waals surface area contributed by atoms with E-state index in [1.54, 1.807) is 0 Å². The lowest BCUT2D eigenvalue weighted by Crippen LogP contribution is -2.45. The van der Waals surface area contributed by atoms with Crippen LogP contribution in [-0.4, -0.2) is 29.8 Å². The third kappa shape index (κ3) is 4.04. The fourth-order valence-corrected chi connectivity index (χ4v) is 2.35. The van der Waals surface area contributed by atoms with Gasteiger partial charge in [-0.25, -0.2) is 0 Å². The Kier molecular flexibility index (Phi) is 4.47. The van der Waals surface area contributed by atoms with E-state index in [-0.39, 0.29) is 18.0 Å². The van der Waals surface area contributed by atoms with E-state index in [9.17, 15) is 13.2 Å². The van der Waals surface area contributed by atoms with Crippen LogP contribution < -0.4 is 11.1 Å². The van der Waals surface area contributed by atoms with Gasteiger partial charge in [0.25, 0.3) is 0 Å². The molecule has 4 nitrogen and oxygen atoms in total. The average molecular weight is 267 g/mol. The van der Waals surface area contributed by atoms with E-state index in [4.69, 9.17) is 10.9 Å². The third-order valence-electron chi connectivity index (χ3n) is 3.45. The number of nitrogens with zero attached hydrogens (tertiary/aromatic N) is 1. The Labute approximate surface area is 104 Å². The summed E-state index contributed by atoms with van der Waals surface area (Å²) in [6.07, 6.45) is -1.82. The molecule has 0 aromatic rings. The van der Waals surface area contributed by atoms with Crippen molar-refractivity contribution >= 4 is 5.84 Å². The number of hydrogen-bond acceptors (Lipinski definition) is 3. The minimum atomic E-state index is -4.50. The molecule has 4 N–H and O–H groups in total. The summed E-state index contributed by atoms with van der Waals surface area (Å²) in [4.78, 5) is 0. The van der Waals surface area contributed by atoms with Gasteiger partial charge in [0.15, 0.2) is 5.84 Å². The first-order valence-corrected chi connectivity index (χ1v) is 5.93. The summed E-state index contributed by atoms with van der Waals surface area (Å²) in [6, 6.07) is 0.0661. The highest BCUT2D eigenvalue weighted by molar-refractivity contribution is 5.83. The molecule has 1 saturated carbocycles. The van der Waals surface area contributed by atoms with Gasteiger partial charge in [0.2, 0.25) is 0 Å². The second-order valence-electron chi connectivity index (χ2n) is 5.63. The Morgan fingerprint density at radius 3 is 2.56 bits per heavy atom. The molecule has 0 aromatic heterocycles. The average Bonchev–Trinajstić information content (AvgIpc) is 2.56. The van der Waals surface area contributed by atoms with Gasteiger partial charge in [-0.2, -0.15) is 13.2 Å². The lowest BCUT2D eigenvalue weighted by molar-refractivity contribution is -0.155. The Morgan fingerprint density at radius 1 is 1.56 bits per heavy atom. The fraction of sp³-hybridized carbons (Fsp3) is 0.909. The van der Waals surface area contributed by atoms with E-state index >= 15 is 0 Å². The maximum absolute atomic E-state index is 12.7. The first-order valence-electron chi connectivity index (χ1n) is 5.93. The van der Waals surface area contributed by atoms with E-state index in [2.05, 4.69) is 24.3 Å². The van der Waals surface area contributed by atoms with E-state index in [1.165, 1.54) is 0 Å². The molecule has 0 spiro atoms. The minimum absolute atomic E-state index is 0.0661. The molecule has 106 valence electrons. The predicted molar refractivity (Wildman–Crippen MR) is 62.4 cm³/mol. The third-order valence-corrected chi connectivity index (χ3v) is 3.45. The van der Waals surface area contributed by atoms with Crippen molar-refractivity contribution in [1.82, 2.24) is 5.32 Å². The Bertz CT molecular complexity index is 315. The number of nitrogens with two attached hydrogens (primary N) is 1. The van der Waals surface area contributed by atoms with Gasteiger partial charge in [-0.05, 0) is 24.7 Å². The van der Waals surface area contributed by atoms with Gasteiger partial charge in [0.1, 0.15) is 5.92 Å². The first kappa shape index (κ1) is 15.1. The van der Waals surface area contributed by atoms with Gasteiger partial charge in [0.05, 0.1) is 0 Å². The lowest BCUT2D eigenvalue weighted by atomic mass is 9.92. The molecule has 0 aliphatic heterocycles. The van der Waals surface area contributed by atoms with Crippen molar-refractivity contribution in [1.29, 1.82) is 0 Å². The van der Waals surface area contributed by atoms with Crippen LogP contribution in [-0.2, 0) is 0 Å². The molecule has 7 heteroatoms. The molecule has 1 fully saturated rings. The second kappa shape index (κ2) is 5.34. The zero-order valence-electron chi connectivity index (χ0n) is 10.6. The SMILES string of the molecule is CC1(C)CCC(NCC(C(N)=NO)C(F)(F)F)C1. The molecule has 1 rings (SSSR count). The standard InChI is InChI=1S/C11H20F3N3O/c1-10(2)4-3-7(5-10)16-6-8(9(15)17-18)11(12,13)14/h7-8,16,18H,3-6H2,1-2H3,(H2,15,17). The molecule has 1 aliphatic rings. The van der Waals surface area contributed by atoms with Crippen molar-refractivity contribution in [2.75, 3.05) is 6.54 Å². The van der Waals surface area contributed by atoms with Gasteiger partial charge >= 0.3 is 6.18 Å². The summed E-state index contributed by atoms with van der Waals surface area (Å²) in [7, 11) is 0. The van der Waals surface area contributed by atoms with Crippen LogP contribution in [0.15, 0.2) is 5.16 Å². The van der Waals surface area contributed by atoms with Crippen LogP contribution in [0.4, 0.5) is 13.2 Å². The number of hydrogen-bond donors (Lipinski definition) is 3. The van der Waals surface area contributed by atoms with Gasteiger partial charge in [-0.1, -0.05) is 19.0 Å². The number of oxime groups is 1. The highest BCUT2D eigenvalue weighted by Crippen LogP contribution is 2.37. The summed E-state index contributed by atoms with van der Waals surface area (Å²) < 4.78 is 38.0. The highest BCUT2D eigenvalue weighted by Gasteiger charge is 2.43. The maximum atomic E-state index is 12.7. The molecule has 18 heavy (non-hydrogen) atoms. The summed E-state index contributed by atoms with van der Waals surface area (Å²) in [5.41, 5.74) is 5.25. The zero-order chi connectivity index (χ0) is 14.0. The van der Waals surface area contributed by atoms with Crippen molar-refractivity contribution in [2.45, 2.75) is 45.3 Å². The molecule has 0 saturated heterocycles. The smallest absolute Gasteiger partial charge is 0.400 e. The minimum Gasteiger partial charge on any atom is -0.409 e. The summed E-state index contributed by atoms with van der Waals surface area (Å²) in [5.74, 6) is -2.74. The van der Waals surface area contributed by atoms with Crippen LogP contribution in [0.5, 0.6) is 0 Å². The summed E-state index contributed by atoms with van der Waals surface area (Å²) in [6.45, 7) is 3.85. The number of alkyl halides is 3. The number of halogens is 3. The van der Waals surface area contributed by atoms with Gasteiger partial charge in [0, 0.05) is 12.6 Å². The van der Waals surface area contributed by atoms with Crippen LogP contribution in [0.2, 0.25) is 0 Å². The van der Waals surface area contributed by atoms with Crippen molar-refractivity contribution in [3.05, 3.63) is 0 Å². The highest BCUT2D eigenvalue weighted by atomic mass is 19.4. The Balaban J connectivity index is 2.54. The first-order chi connectivity index (χ1) is 8.15. The maximum Gasteiger partial charge on any atom is 0.400 e.